The molecule has 6 heteroatoms. The van der Waals surface area contributed by atoms with E-state index in [0.29, 0.717) is 5.69 Å². The van der Waals surface area contributed by atoms with E-state index in [1.165, 1.54) is 12.3 Å². The minimum atomic E-state index is -4.26. The summed E-state index contributed by atoms with van der Waals surface area (Å²) < 4.78 is 40.4. The third-order valence-corrected chi connectivity index (χ3v) is 3.06. The van der Waals surface area contributed by atoms with Crippen LogP contribution in [0.5, 0.6) is 0 Å². The van der Waals surface area contributed by atoms with Crippen molar-refractivity contribution in [2.24, 2.45) is 0 Å². The molecule has 0 aliphatic rings. The summed E-state index contributed by atoms with van der Waals surface area (Å²) in [6.07, 6.45) is -2.98. The first-order valence-corrected chi connectivity index (χ1v) is 7.42. The summed E-state index contributed by atoms with van der Waals surface area (Å²) in [6, 6.07) is 1.47. The molecule has 1 N–H and O–H groups in total. The number of pyridine rings is 1. The second-order valence-electron chi connectivity index (χ2n) is 3.01. The summed E-state index contributed by atoms with van der Waals surface area (Å²) in [5.74, 6) is 0. The van der Waals surface area contributed by atoms with E-state index in [0.717, 1.165) is 0 Å². The van der Waals surface area contributed by atoms with Gasteiger partial charge in [0.2, 0.25) is 0 Å². The SMILES string of the molecule is C[I-]N[C@H](c1ccc(C)nc1)C(F)(F)F. The van der Waals surface area contributed by atoms with E-state index < -0.39 is 33.7 Å². The van der Waals surface area contributed by atoms with Crippen LogP contribution in [-0.2, 0) is 0 Å². The van der Waals surface area contributed by atoms with Crippen molar-refractivity contribution in [1.82, 2.24) is 8.51 Å². The molecule has 0 spiro atoms. The van der Waals surface area contributed by atoms with E-state index in [4.69, 9.17) is 0 Å². The third-order valence-electron chi connectivity index (χ3n) is 1.81. The summed E-state index contributed by atoms with van der Waals surface area (Å²) >= 11 is -0.630. The van der Waals surface area contributed by atoms with Gasteiger partial charge in [-0.3, -0.25) is 0 Å². The van der Waals surface area contributed by atoms with Crippen molar-refractivity contribution >= 4 is 0 Å². The van der Waals surface area contributed by atoms with Gasteiger partial charge in [0.25, 0.3) is 0 Å². The Hall–Kier alpha value is -0.370. The van der Waals surface area contributed by atoms with E-state index >= 15 is 0 Å². The fourth-order valence-electron chi connectivity index (χ4n) is 1.07. The Balaban J connectivity index is 2.94. The summed E-state index contributed by atoms with van der Waals surface area (Å²) in [6.45, 7) is 1.74. The molecule has 15 heavy (non-hydrogen) atoms. The Morgan fingerprint density at radius 3 is 2.47 bits per heavy atom. The second-order valence-corrected chi connectivity index (χ2v) is 4.71. The second kappa shape index (κ2) is 5.11. The van der Waals surface area contributed by atoms with Crippen molar-refractivity contribution in [3.63, 3.8) is 0 Å². The molecule has 1 heterocycles. The molecule has 1 aromatic rings. The van der Waals surface area contributed by atoms with Crippen molar-refractivity contribution in [3.8, 4) is 0 Å². The molecule has 86 valence electrons. The van der Waals surface area contributed by atoms with Crippen LogP contribution in [0, 0.1) is 6.92 Å². The van der Waals surface area contributed by atoms with E-state index in [1.54, 1.807) is 17.9 Å². The molecular formula is C9H11F3IN2-. The maximum absolute atomic E-state index is 12.6. The molecule has 0 amide bonds. The Bertz CT molecular complexity index is 310. The predicted molar refractivity (Wildman–Crippen MR) is 46.8 cm³/mol. The van der Waals surface area contributed by atoms with Crippen LogP contribution in [0.25, 0.3) is 0 Å². The van der Waals surface area contributed by atoms with E-state index in [2.05, 4.69) is 8.51 Å². The van der Waals surface area contributed by atoms with Crippen LogP contribution in [0.2, 0.25) is 0 Å². The molecule has 0 saturated heterocycles. The van der Waals surface area contributed by atoms with E-state index in [9.17, 15) is 13.2 Å². The number of rotatable bonds is 3. The summed E-state index contributed by atoms with van der Waals surface area (Å²) in [7, 11) is 0. The molecular weight excluding hydrogens is 320 g/mol. The molecule has 2 nitrogen and oxygen atoms in total. The van der Waals surface area contributed by atoms with Crippen LogP contribution in [0.1, 0.15) is 17.3 Å². The van der Waals surface area contributed by atoms with Gasteiger partial charge in [0.15, 0.2) is 0 Å². The van der Waals surface area contributed by atoms with Crippen molar-refractivity contribution in [1.29, 1.82) is 0 Å². The number of alkyl halides is 4. The summed E-state index contributed by atoms with van der Waals surface area (Å²) in [4.78, 5) is 5.62. The third kappa shape index (κ3) is 3.60. The normalized spacial score (nSPS) is 14.2. The fraction of sp³-hybridized carbons (Fsp3) is 0.444. The van der Waals surface area contributed by atoms with Gasteiger partial charge in [-0.1, -0.05) is 0 Å². The Morgan fingerprint density at radius 2 is 2.07 bits per heavy atom. The quantitative estimate of drug-likeness (QED) is 0.447. The molecule has 0 unspecified atom stereocenters. The summed E-state index contributed by atoms with van der Waals surface area (Å²) in [5, 5.41) is 0. The van der Waals surface area contributed by atoms with Crippen LogP contribution < -0.4 is 25.0 Å². The van der Waals surface area contributed by atoms with E-state index in [-0.39, 0.29) is 5.56 Å². The number of aromatic nitrogens is 1. The van der Waals surface area contributed by atoms with Gasteiger partial charge in [0.05, 0.1) is 0 Å². The first kappa shape index (κ1) is 12.7. The van der Waals surface area contributed by atoms with Gasteiger partial charge in [-0.2, -0.15) is 0 Å². The summed E-state index contributed by atoms with van der Waals surface area (Å²) in [5.41, 5.74) is 0.889. The molecule has 0 aliphatic heterocycles. The molecule has 1 rings (SSSR count). The van der Waals surface area contributed by atoms with Crippen LogP contribution >= 0.6 is 0 Å². The van der Waals surface area contributed by atoms with Gasteiger partial charge in [-0.25, -0.2) is 0 Å². The standard InChI is InChI=1S/C9H11F3IN2/c1-6-3-4-7(5-14-6)8(15-13-2)9(10,11)12/h3-5,8,15H,1-2H3/q-1/t8-/m1/s1. The van der Waals surface area contributed by atoms with E-state index in [1.807, 2.05) is 0 Å². The zero-order valence-electron chi connectivity index (χ0n) is 8.27. The van der Waals surface area contributed by atoms with Crippen molar-refractivity contribution in [2.45, 2.75) is 19.1 Å². The van der Waals surface area contributed by atoms with Crippen LogP contribution in [0.3, 0.4) is 0 Å². The van der Waals surface area contributed by atoms with Gasteiger partial charge >= 0.3 is 96.8 Å². The zero-order chi connectivity index (χ0) is 11.5. The number of hydrogen-bond acceptors (Lipinski definition) is 2. The van der Waals surface area contributed by atoms with Crippen molar-refractivity contribution in [3.05, 3.63) is 29.6 Å². The number of hydrogen-bond donors (Lipinski definition) is 1. The zero-order valence-corrected chi connectivity index (χ0v) is 10.4. The first-order chi connectivity index (χ1) is 6.95. The molecule has 0 saturated carbocycles. The van der Waals surface area contributed by atoms with Crippen molar-refractivity contribution in [2.75, 3.05) is 4.93 Å². The van der Waals surface area contributed by atoms with Crippen LogP contribution in [-0.4, -0.2) is 16.1 Å². The van der Waals surface area contributed by atoms with Gasteiger partial charge in [0.1, 0.15) is 0 Å². The fourth-order valence-corrected chi connectivity index (χ4v) is 2.41. The number of aryl methyl sites for hydroxylation is 1. The van der Waals surface area contributed by atoms with Gasteiger partial charge < -0.3 is 0 Å². The van der Waals surface area contributed by atoms with Crippen molar-refractivity contribution < 1.29 is 34.7 Å². The average Bonchev–Trinajstić information content (AvgIpc) is 2.14. The number of halogens is 4. The molecule has 0 bridgehead atoms. The molecule has 1 aromatic heterocycles. The predicted octanol–water partition coefficient (Wildman–Crippen LogP) is -0.783. The average molecular weight is 331 g/mol. The molecule has 0 aliphatic carbocycles. The van der Waals surface area contributed by atoms with Crippen LogP contribution in [0.15, 0.2) is 18.3 Å². The van der Waals surface area contributed by atoms with Crippen LogP contribution in [0.4, 0.5) is 13.2 Å². The van der Waals surface area contributed by atoms with Gasteiger partial charge in [-0.05, 0) is 0 Å². The van der Waals surface area contributed by atoms with Gasteiger partial charge in [-0.15, -0.1) is 0 Å². The Morgan fingerprint density at radius 1 is 1.40 bits per heavy atom. The Kier molecular flexibility index (Phi) is 4.32. The topological polar surface area (TPSA) is 24.9 Å². The first-order valence-electron chi connectivity index (χ1n) is 4.18. The van der Waals surface area contributed by atoms with Gasteiger partial charge in [0, 0.05) is 0 Å². The minimum absolute atomic E-state index is 0.176. The maximum atomic E-state index is 12.6. The monoisotopic (exact) mass is 331 g/mol. The Labute approximate surface area is 96.9 Å². The molecule has 1 atom stereocenters. The molecule has 0 radical (unpaired) electrons. The number of nitrogens with zero attached hydrogens (tertiary/aromatic N) is 1. The number of nitrogens with one attached hydrogen (secondary N) is 1. The molecule has 0 aromatic carbocycles. The molecule has 0 fully saturated rings.